The molecule has 0 spiro atoms. The number of hydrogen-bond donors (Lipinski definition) is 4. The molecule has 1 saturated heterocycles. The third-order valence-corrected chi connectivity index (χ3v) is 13.2. The normalized spacial score (nSPS) is 27.2. The SMILES string of the molecule is COc1ccc2c(O[C@@H]3C[C@H]4C(=O)N[C@]5(C(=O)O)C[C@H]5C=CCCCCC[C@H](NC(=O)OC5CCCC5)C(=O)N4C3)cc(-c3csc(NC4CCCCC4)n3)nc2c1. The van der Waals surface area contributed by atoms with Gasteiger partial charge in [-0.25, -0.2) is 19.6 Å². The fraction of sp³-hybridized carbons (Fsp3) is 0.581. The molecule has 4 fully saturated rings. The number of alkyl carbamates (subject to hydrolysis) is 1. The van der Waals surface area contributed by atoms with Crippen molar-refractivity contribution in [3.05, 3.63) is 41.8 Å². The first kappa shape index (κ1) is 39.9. The van der Waals surface area contributed by atoms with E-state index in [0.717, 1.165) is 62.9 Å². The van der Waals surface area contributed by atoms with Gasteiger partial charge in [-0.2, -0.15) is 0 Å². The molecule has 3 aliphatic carbocycles. The fourth-order valence-corrected chi connectivity index (χ4v) is 9.85. The minimum absolute atomic E-state index is 0.0393. The molecular formula is C43H54N6O8S. The predicted molar refractivity (Wildman–Crippen MR) is 219 cm³/mol. The Labute approximate surface area is 342 Å². The lowest BCUT2D eigenvalue weighted by Gasteiger charge is -2.29. The maximum atomic E-state index is 14.6. The number of aromatic nitrogens is 2. The topological polar surface area (TPSA) is 181 Å². The number of benzene rings is 1. The van der Waals surface area contributed by atoms with Gasteiger partial charge in [0.25, 0.3) is 0 Å². The van der Waals surface area contributed by atoms with Gasteiger partial charge in [0.05, 0.1) is 24.9 Å². The Morgan fingerprint density at radius 1 is 0.948 bits per heavy atom. The second-order valence-corrected chi connectivity index (χ2v) is 17.4. The summed E-state index contributed by atoms with van der Waals surface area (Å²) in [6, 6.07) is 5.80. The Bertz CT molecular complexity index is 2030. The van der Waals surface area contributed by atoms with E-state index in [9.17, 15) is 24.3 Å². The number of thiazole rings is 1. The van der Waals surface area contributed by atoms with E-state index >= 15 is 0 Å². The third kappa shape index (κ3) is 8.88. The van der Waals surface area contributed by atoms with E-state index in [1.165, 1.54) is 35.5 Å². The van der Waals surface area contributed by atoms with Crippen LogP contribution in [0.1, 0.15) is 103 Å². The Morgan fingerprint density at radius 3 is 2.52 bits per heavy atom. The van der Waals surface area contributed by atoms with Gasteiger partial charge >= 0.3 is 12.1 Å². The van der Waals surface area contributed by atoms with Crippen molar-refractivity contribution >= 4 is 51.2 Å². The molecule has 0 radical (unpaired) electrons. The van der Waals surface area contributed by atoms with Crippen molar-refractivity contribution in [3.63, 3.8) is 0 Å². The number of carbonyl (C=O) groups excluding carboxylic acids is 3. The molecule has 5 aliphatic rings. The number of carboxylic acid groups (broad SMARTS) is 1. The standard InChI is InChI=1S/C43H54N6O8S/c1-55-29-18-19-31-33(20-29)45-34(35-25-58-41(46-35)44-27-13-7-5-8-14-27)22-37(31)56-30-21-36-38(50)48-43(40(52)53)23-26(43)12-6-3-2-4-9-17-32(39(51)49(36)24-30)47-42(54)57-28-15-10-11-16-28/h6,12,18-20,22,25-28,30,32,36H,2-5,7-11,13-17,21,23-24H2,1H3,(H,44,46)(H,47,54)(H,48,50)(H,52,53)/t26-,30-,32+,36+,43-/m1/s1. The van der Waals surface area contributed by atoms with E-state index in [4.69, 9.17) is 24.2 Å². The van der Waals surface area contributed by atoms with Crippen LogP contribution in [0.4, 0.5) is 9.93 Å². The lowest BCUT2D eigenvalue weighted by molar-refractivity contribution is -0.145. The molecule has 15 heteroatoms. The van der Waals surface area contributed by atoms with E-state index in [-0.39, 0.29) is 31.4 Å². The average Bonchev–Trinajstić information content (AvgIpc) is 3.65. The van der Waals surface area contributed by atoms with Gasteiger partial charge in [-0.3, -0.25) is 9.59 Å². The molecule has 8 rings (SSSR count). The van der Waals surface area contributed by atoms with Crippen LogP contribution in [-0.2, 0) is 19.1 Å². The lowest BCUT2D eigenvalue weighted by atomic mass is 9.96. The molecular weight excluding hydrogens is 761 g/mol. The van der Waals surface area contributed by atoms with Gasteiger partial charge in [0.15, 0.2) is 5.13 Å². The summed E-state index contributed by atoms with van der Waals surface area (Å²) in [6.45, 7) is 0.0393. The fourth-order valence-electron chi connectivity index (χ4n) is 9.07. The van der Waals surface area contributed by atoms with Gasteiger partial charge in [0.1, 0.15) is 47.0 Å². The van der Waals surface area contributed by atoms with Crippen LogP contribution in [0.2, 0.25) is 0 Å². The van der Waals surface area contributed by atoms with E-state index in [2.05, 4.69) is 16.0 Å². The number of fused-ring (bicyclic) bond motifs is 3. The second kappa shape index (κ2) is 17.5. The van der Waals surface area contributed by atoms with Gasteiger partial charge in [-0.1, -0.05) is 44.3 Å². The van der Waals surface area contributed by atoms with Crippen LogP contribution in [0.25, 0.3) is 22.3 Å². The number of nitrogens with one attached hydrogen (secondary N) is 3. The molecule has 58 heavy (non-hydrogen) atoms. The van der Waals surface area contributed by atoms with Crippen LogP contribution in [0.15, 0.2) is 41.8 Å². The van der Waals surface area contributed by atoms with Crippen LogP contribution in [0.5, 0.6) is 11.5 Å². The molecule has 2 aliphatic heterocycles. The van der Waals surface area contributed by atoms with E-state index in [1.54, 1.807) is 7.11 Å². The highest BCUT2D eigenvalue weighted by Gasteiger charge is 2.61. The second-order valence-electron chi connectivity index (χ2n) is 16.5. The zero-order chi connectivity index (χ0) is 40.2. The lowest BCUT2D eigenvalue weighted by Crippen LogP contribution is -2.56. The van der Waals surface area contributed by atoms with E-state index < -0.39 is 47.6 Å². The van der Waals surface area contributed by atoms with Crippen molar-refractivity contribution in [2.24, 2.45) is 5.92 Å². The number of hydrogen-bond acceptors (Lipinski definition) is 11. The number of carbonyl (C=O) groups is 4. The molecule has 4 heterocycles. The zero-order valence-corrected chi connectivity index (χ0v) is 33.9. The molecule has 3 saturated carbocycles. The molecule has 3 amide bonds. The van der Waals surface area contributed by atoms with Gasteiger partial charge in [-0.05, 0) is 76.3 Å². The number of anilines is 1. The van der Waals surface area contributed by atoms with Crippen molar-refractivity contribution in [2.45, 2.75) is 139 Å². The first-order valence-electron chi connectivity index (χ1n) is 21.1. The quantitative estimate of drug-likeness (QED) is 0.164. The van der Waals surface area contributed by atoms with Gasteiger partial charge in [-0.15, -0.1) is 11.3 Å². The number of amides is 3. The molecule has 14 nitrogen and oxygen atoms in total. The maximum Gasteiger partial charge on any atom is 0.408 e. The Kier molecular flexibility index (Phi) is 12.0. The maximum absolute atomic E-state index is 14.6. The summed E-state index contributed by atoms with van der Waals surface area (Å²) >= 11 is 1.53. The minimum Gasteiger partial charge on any atom is -0.497 e. The average molecular weight is 815 g/mol. The first-order valence-corrected chi connectivity index (χ1v) is 21.9. The number of ether oxygens (including phenoxy) is 3. The van der Waals surface area contributed by atoms with E-state index in [1.807, 2.05) is 41.8 Å². The number of pyridine rings is 1. The highest BCUT2D eigenvalue weighted by Crippen LogP contribution is 2.45. The number of aliphatic carboxylic acids is 1. The molecule has 3 aromatic rings. The first-order chi connectivity index (χ1) is 28.2. The summed E-state index contributed by atoms with van der Waals surface area (Å²) in [7, 11) is 1.60. The zero-order valence-electron chi connectivity index (χ0n) is 33.1. The highest BCUT2D eigenvalue weighted by molar-refractivity contribution is 7.14. The van der Waals surface area contributed by atoms with Crippen molar-refractivity contribution in [2.75, 3.05) is 19.0 Å². The Balaban J connectivity index is 1.09. The van der Waals surface area contributed by atoms with E-state index in [0.29, 0.717) is 52.7 Å². The summed E-state index contributed by atoms with van der Waals surface area (Å²) in [5.74, 6) is -1.32. The number of methoxy groups -OCH3 is 1. The predicted octanol–water partition coefficient (Wildman–Crippen LogP) is 6.98. The van der Waals surface area contributed by atoms with Crippen molar-refractivity contribution in [1.29, 1.82) is 0 Å². The summed E-state index contributed by atoms with van der Waals surface area (Å²) in [5.41, 5.74) is 0.477. The molecule has 2 aromatic heterocycles. The smallest absolute Gasteiger partial charge is 0.408 e. The summed E-state index contributed by atoms with van der Waals surface area (Å²) < 4.78 is 18.0. The van der Waals surface area contributed by atoms with Crippen LogP contribution >= 0.6 is 11.3 Å². The molecule has 0 bridgehead atoms. The summed E-state index contributed by atoms with van der Waals surface area (Å²) in [5, 5.41) is 23.1. The number of carboxylic acids is 1. The summed E-state index contributed by atoms with van der Waals surface area (Å²) in [6.07, 6.45) is 15.7. The van der Waals surface area contributed by atoms with Crippen LogP contribution in [0, 0.1) is 5.92 Å². The molecule has 310 valence electrons. The minimum atomic E-state index is -1.45. The molecule has 0 unspecified atom stereocenters. The highest BCUT2D eigenvalue weighted by atomic mass is 32.1. The van der Waals surface area contributed by atoms with Gasteiger partial charge in [0.2, 0.25) is 11.8 Å². The Hall–Kier alpha value is -4.92. The monoisotopic (exact) mass is 814 g/mol. The van der Waals surface area contributed by atoms with Crippen LogP contribution < -0.4 is 25.4 Å². The molecule has 4 N–H and O–H groups in total. The molecule has 1 aromatic carbocycles. The van der Waals surface area contributed by atoms with Crippen molar-refractivity contribution in [1.82, 2.24) is 25.5 Å². The van der Waals surface area contributed by atoms with Gasteiger partial charge in [0, 0.05) is 41.3 Å². The number of nitrogens with zero attached hydrogens (tertiary/aromatic N) is 3. The van der Waals surface area contributed by atoms with Crippen molar-refractivity contribution in [3.8, 4) is 22.9 Å². The number of rotatable bonds is 9. The Morgan fingerprint density at radius 2 is 1.72 bits per heavy atom. The van der Waals surface area contributed by atoms with Crippen LogP contribution in [-0.4, -0.2) is 93.4 Å². The summed E-state index contributed by atoms with van der Waals surface area (Å²) in [4.78, 5) is 66.0. The molecule has 5 atom stereocenters. The largest absolute Gasteiger partial charge is 0.497 e. The number of allylic oxidation sites excluding steroid dienone is 1. The van der Waals surface area contributed by atoms with Crippen LogP contribution in [0.3, 0.4) is 0 Å². The van der Waals surface area contributed by atoms with Gasteiger partial charge < -0.3 is 40.2 Å². The van der Waals surface area contributed by atoms with Crippen molar-refractivity contribution < 1.29 is 38.5 Å². The third-order valence-electron chi connectivity index (χ3n) is 12.5.